The van der Waals surface area contributed by atoms with Crippen LogP contribution in [0.1, 0.15) is 46.4 Å². The molecule has 0 spiro atoms. The third-order valence-corrected chi connectivity index (χ3v) is 5.11. The summed E-state index contributed by atoms with van der Waals surface area (Å²) >= 11 is 0. The third-order valence-electron chi connectivity index (χ3n) is 5.11. The first kappa shape index (κ1) is 17.4. The van der Waals surface area contributed by atoms with E-state index in [0.29, 0.717) is 11.1 Å². The molecule has 0 radical (unpaired) electrons. The first-order chi connectivity index (χ1) is 13.2. The maximum Gasteiger partial charge on any atom is 0.275 e. The summed E-state index contributed by atoms with van der Waals surface area (Å²) in [5.41, 5.74) is 8.01. The van der Waals surface area contributed by atoms with E-state index in [1.165, 1.54) is 5.01 Å². The minimum absolute atomic E-state index is 0.127. The minimum Gasteiger partial charge on any atom is -0.285 e. The van der Waals surface area contributed by atoms with Gasteiger partial charge >= 0.3 is 0 Å². The van der Waals surface area contributed by atoms with Gasteiger partial charge in [0.25, 0.3) is 11.8 Å². The number of nitrogens with zero attached hydrogens (tertiary/aromatic N) is 2. The first-order valence-corrected chi connectivity index (χ1v) is 9.31. The molecule has 2 atom stereocenters. The summed E-state index contributed by atoms with van der Waals surface area (Å²) in [6.07, 6.45) is 3.67. The molecule has 2 aromatic rings. The number of benzene rings is 2. The van der Waals surface area contributed by atoms with Crippen molar-refractivity contribution >= 4 is 17.5 Å². The highest BCUT2D eigenvalue weighted by Gasteiger charge is 2.41. The second-order valence-corrected chi connectivity index (χ2v) is 6.87. The van der Waals surface area contributed by atoms with E-state index >= 15 is 0 Å². The van der Waals surface area contributed by atoms with Gasteiger partial charge in [0.15, 0.2) is 0 Å². The van der Waals surface area contributed by atoms with Crippen LogP contribution in [0.4, 0.5) is 0 Å². The lowest BCUT2D eigenvalue weighted by Gasteiger charge is -2.29. The molecule has 0 aromatic heterocycles. The van der Waals surface area contributed by atoms with Crippen molar-refractivity contribution in [2.45, 2.75) is 31.8 Å². The fourth-order valence-electron chi connectivity index (χ4n) is 3.71. The summed E-state index contributed by atoms with van der Waals surface area (Å²) in [6, 6.07) is 18.1. The molecule has 138 valence electrons. The minimum atomic E-state index is -0.374. The second-order valence-electron chi connectivity index (χ2n) is 6.87. The number of hydrazine groups is 1. The lowest BCUT2D eigenvalue weighted by Crippen LogP contribution is -2.55. The molecule has 0 saturated heterocycles. The Balaban J connectivity index is 1.52. The van der Waals surface area contributed by atoms with E-state index in [-0.39, 0.29) is 23.9 Å². The van der Waals surface area contributed by atoms with E-state index in [9.17, 15) is 9.59 Å². The van der Waals surface area contributed by atoms with Crippen LogP contribution in [0, 0.1) is 5.92 Å². The van der Waals surface area contributed by atoms with Gasteiger partial charge in [-0.3, -0.25) is 15.0 Å². The number of hydrazone groups is 1. The van der Waals surface area contributed by atoms with Crippen molar-refractivity contribution in [3.63, 3.8) is 0 Å². The maximum absolute atomic E-state index is 13.0. The predicted octanol–water partition coefficient (Wildman–Crippen LogP) is 2.95. The van der Waals surface area contributed by atoms with Gasteiger partial charge in [0.1, 0.15) is 6.17 Å². The second kappa shape index (κ2) is 7.72. The molecule has 6 heteroatoms. The van der Waals surface area contributed by atoms with Gasteiger partial charge in [-0.1, -0.05) is 42.8 Å². The van der Waals surface area contributed by atoms with Gasteiger partial charge in [0.05, 0.1) is 0 Å². The van der Waals surface area contributed by atoms with Crippen LogP contribution in [0.3, 0.4) is 0 Å². The summed E-state index contributed by atoms with van der Waals surface area (Å²) in [7, 11) is 0. The smallest absolute Gasteiger partial charge is 0.275 e. The quantitative estimate of drug-likeness (QED) is 0.822. The Morgan fingerprint density at radius 2 is 1.59 bits per heavy atom. The molecule has 27 heavy (non-hydrogen) atoms. The first-order valence-electron chi connectivity index (χ1n) is 9.31. The van der Waals surface area contributed by atoms with Crippen LogP contribution in [-0.2, 0) is 0 Å². The largest absolute Gasteiger partial charge is 0.285 e. The molecule has 1 fully saturated rings. The number of hydrogen-bond acceptors (Lipinski definition) is 4. The molecule has 1 aliphatic heterocycles. The molecule has 1 heterocycles. The summed E-state index contributed by atoms with van der Waals surface area (Å²) < 4.78 is 0. The van der Waals surface area contributed by atoms with Crippen molar-refractivity contribution in [2.24, 2.45) is 11.0 Å². The summed E-state index contributed by atoms with van der Waals surface area (Å²) in [5.74, 6) is -0.265. The number of rotatable bonds is 4. The van der Waals surface area contributed by atoms with Gasteiger partial charge < -0.3 is 0 Å². The summed E-state index contributed by atoms with van der Waals surface area (Å²) in [6.45, 7) is 0. The normalized spacial score (nSPS) is 21.3. The SMILES string of the molecule is O=C(NN[C@@H]1[C@H]2CCCCC2=NN1C(=O)c1ccccc1)c1ccccc1. The van der Waals surface area contributed by atoms with Crippen LogP contribution in [0.5, 0.6) is 0 Å². The average Bonchev–Trinajstić information content (AvgIpc) is 3.11. The Kier molecular flexibility index (Phi) is 4.98. The number of nitrogens with one attached hydrogen (secondary N) is 2. The van der Waals surface area contributed by atoms with E-state index in [0.717, 1.165) is 31.4 Å². The molecule has 0 bridgehead atoms. The highest BCUT2D eigenvalue weighted by atomic mass is 16.2. The van der Waals surface area contributed by atoms with E-state index in [4.69, 9.17) is 0 Å². The van der Waals surface area contributed by atoms with Crippen molar-refractivity contribution in [2.75, 3.05) is 0 Å². The molecule has 0 unspecified atom stereocenters. The van der Waals surface area contributed by atoms with Crippen molar-refractivity contribution in [3.8, 4) is 0 Å². The van der Waals surface area contributed by atoms with E-state index in [1.807, 2.05) is 36.4 Å². The Morgan fingerprint density at radius 1 is 0.926 bits per heavy atom. The zero-order valence-electron chi connectivity index (χ0n) is 15.0. The molecule has 2 amide bonds. The van der Waals surface area contributed by atoms with Gasteiger partial charge in [-0.15, -0.1) is 0 Å². The third kappa shape index (κ3) is 3.61. The molecule has 6 nitrogen and oxygen atoms in total. The zero-order chi connectivity index (χ0) is 18.6. The van der Waals surface area contributed by atoms with E-state index < -0.39 is 0 Å². The standard InChI is InChI=1S/C21H22N4O2/c26-20(15-9-3-1-4-10-15)23-22-19-17-13-7-8-14-18(17)24-25(19)21(27)16-11-5-2-6-12-16/h1-6,9-12,17,19,22H,7-8,13-14H2,(H,23,26)/t17-,19-/m0/s1. The summed E-state index contributed by atoms with van der Waals surface area (Å²) in [4.78, 5) is 25.4. The van der Waals surface area contributed by atoms with E-state index in [2.05, 4.69) is 16.0 Å². The topological polar surface area (TPSA) is 73.8 Å². The van der Waals surface area contributed by atoms with Crippen molar-refractivity contribution in [3.05, 3.63) is 71.8 Å². The van der Waals surface area contributed by atoms with Crippen LogP contribution in [0.2, 0.25) is 0 Å². The lowest BCUT2D eigenvalue weighted by atomic mass is 9.86. The molecule has 2 N–H and O–H groups in total. The maximum atomic E-state index is 13.0. The number of hydrogen-bond donors (Lipinski definition) is 2. The van der Waals surface area contributed by atoms with Gasteiger partial charge in [-0.25, -0.2) is 10.4 Å². The van der Waals surface area contributed by atoms with Crippen molar-refractivity contribution < 1.29 is 9.59 Å². The predicted molar refractivity (Wildman–Crippen MR) is 103 cm³/mol. The molecule has 4 rings (SSSR count). The van der Waals surface area contributed by atoms with Crippen molar-refractivity contribution in [1.29, 1.82) is 0 Å². The fourth-order valence-corrected chi connectivity index (χ4v) is 3.71. The van der Waals surface area contributed by atoms with Crippen LogP contribution >= 0.6 is 0 Å². The average molecular weight is 362 g/mol. The summed E-state index contributed by atoms with van der Waals surface area (Å²) in [5, 5.41) is 6.10. The number of carbonyl (C=O) groups excluding carboxylic acids is 2. The van der Waals surface area contributed by atoms with Gasteiger partial charge in [-0.2, -0.15) is 5.10 Å². The Labute approximate surface area is 158 Å². The molecule has 1 saturated carbocycles. The Bertz CT molecular complexity index is 851. The van der Waals surface area contributed by atoms with Gasteiger partial charge in [-0.05, 0) is 43.5 Å². The van der Waals surface area contributed by atoms with Crippen LogP contribution in [0.25, 0.3) is 0 Å². The van der Waals surface area contributed by atoms with Crippen LogP contribution in [-0.4, -0.2) is 28.7 Å². The zero-order valence-corrected chi connectivity index (χ0v) is 15.0. The fraction of sp³-hybridized carbons (Fsp3) is 0.286. The van der Waals surface area contributed by atoms with Crippen LogP contribution < -0.4 is 10.9 Å². The Hall–Kier alpha value is -2.99. The highest BCUT2D eigenvalue weighted by molar-refractivity contribution is 5.99. The molecular formula is C21H22N4O2. The van der Waals surface area contributed by atoms with Crippen molar-refractivity contribution in [1.82, 2.24) is 15.9 Å². The molecule has 2 aromatic carbocycles. The lowest BCUT2D eigenvalue weighted by molar-refractivity contribution is 0.0598. The Morgan fingerprint density at radius 3 is 2.30 bits per heavy atom. The molecular weight excluding hydrogens is 340 g/mol. The number of amides is 2. The monoisotopic (exact) mass is 362 g/mol. The number of fused-ring (bicyclic) bond motifs is 1. The number of carbonyl (C=O) groups is 2. The van der Waals surface area contributed by atoms with Crippen LogP contribution in [0.15, 0.2) is 65.8 Å². The van der Waals surface area contributed by atoms with Gasteiger partial charge in [0, 0.05) is 22.8 Å². The van der Waals surface area contributed by atoms with E-state index in [1.54, 1.807) is 24.3 Å². The van der Waals surface area contributed by atoms with Gasteiger partial charge in [0.2, 0.25) is 0 Å². The highest BCUT2D eigenvalue weighted by Crippen LogP contribution is 2.32. The molecule has 1 aliphatic carbocycles. The molecule has 2 aliphatic rings.